The van der Waals surface area contributed by atoms with Crippen LogP contribution in [-0.2, 0) is 0 Å². The molecule has 0 aliphatic rings. The van der Waals surface area contributed by atoms with Gasteiger partial charge in [0.05, 0.1) is 12.4 Å². The van der Waals surface area contributed by atoms with Crippen LogP contribution in [0.4, 0.5) is 0 Å². The van der Waals surface area contributed by atoms with E-state index in [1.54, 1.807) is 10.7 Å². The van der Waals surface area contributed by atoms with Crippen LogP contribution in [0, 0.1) is 32.6 Å². The lowest BCUT2D eigenvalue weighted by Crippen LogP contribution is -1.94. The van der Waals surface area contributed by atoms with E-state index >= 15 is 0 Å². The van der Waals surface area contributed by atoms with Crippen molar-refractivity contribution >= 4 is 5.65 Å². The highest BCUT2D eigenvalue weighted by Gasteiger charge is 2.01. The molecule has 1 aromatic carbocycles. The van der Waals surface area contributed by atoms with Gasteiger partial charge in [-0.1, -0.05) is 18.1 Å². The van der Waals surface area contributed by atoms with E-state index in [1.165, 1.54) is 11.1 Å². The number of aryl methyl sites for hydroxylation is 3. The molecule has 3 rings (SSSR count). The van der Waals surface area contributed by atoms with Gasteiger partial charge in [0.2, 0.25) is 0 Å². The fourth-order valence-corrected chi connectivity index (χ4v) is 2.06. The van der Waals surface area contributed by atoms with E-state index in [-0.39, 0.29) is 0 Å². The zero-order valence-electron chi connectivity index (χ0n) is 11.8. The van der Waals surface area contributed by atoms with Crippen LogP contribution in [0.3, 0.4) is 0 Å². The Kier molecular flexibility index (Phi) is 3.00. The van der Waals surface area contributed by atoms with Crippen molar-refractivity contribution in [3.05, 3.63) is 64.6 Å². The second-order valence-electron chi connectivity index (χ2n) is 5.01. The molecule has 3 aromatic rings. The molecule has 0 aliphatic heterocycles. The van der Waals surface area contributed by atoms with Crippen LogP contribution < -0.4 is 0 Å². The van der Waals surface area contributed by atoms with E-state index in [1.807, 2.05) is 19.2 Å². The van der Waals surface area contributed by atoms with Gasteiger partial charge in [0.25, 0.3) is 0 Å². The molecule has 2 heterocycles. The normalized spacial score (nSPS) is 10.3. The smallest absolute Gasteiger partial charge is 0.155 e. The third-order valence-corrected chi connectivity index (χ3v) is 3.22. The molecule has 98 valence electrons. The molecule has 0 bridgehead atoms. The molecule has 0 saturated heterocycles. The summed E-state index contributed by atoms with van der Waals surface area (Å²) in [6.45, 7) is 6.14. The molecule has 0 spiro atoms. The Morgan fingerprint density at radius 1 is 0.950 bits per heavy atom. The van der Waals surface area contributed by atoms with Crippen molar-refractivity contribution in [1.82, 2.24) is 14.6 Å². The van der Waals surface area contributed by atoms with E-state index in [4.69, 9.17) is 0 Å². The van der Waals surface area contributed by atoms with Gasteiger partial charge in [-0.2, -0.15) is 5.10 Å². The predicted octanol–water partition coefficient (Wildman–Crippen LogP) is 3.05. The molecule has 0 fully saturated rings. The van der Waals surface area contributed by atoms with E-state index < -0.39 is 0 Å². The number of imidazole rings is 1. The number of nitrogens with zero attached hydrogens (tertiary/aromatic N) is 3. The Hall–Kier alpha value is -2.60. The topological polar surface area (TPSA) is 30.2 Å². The molecule has 20 heavy (non-hydrogen) atoms. The zero-order chi connectivity index (χ0) is 14.1. The van der Waals surface area contributed by atoms with E-state index in [0.717, 1.165) is 22.5 Å². The summed E-state index contributed by atoms with van der Waals surface area (Å²) in [6.07, 6.45) is 3.58. The van der Waals surface area contributed by atoms with Crippen molar-refractivity contribution in [2.24, 2.45) is 0 Å². The van der Waals surface area contributed by atoms with Crippen molar-refractivity contribution in [1.29, 1.82) is 0 Å². The highest BCUT2D eigenvalue weighted by atomic mass is 15.2. The van der Waals surface area contributed by atoms with Crippen molar-refractivity contribution in [2.45, 2.75) is 20.8 Å². The minimum Gasteiger partial charge on any atom is -0.234 e. The van der Waals surface area contributed by atoms with Crippen molar-refractivity contribution in [2.75, 3.05) is 0 Å². The van der Waals surface area contributed by atoms with Gasteiger partial charge >= 0.3 is 0 Å². The quantitative estimate of drug-likeness (QED) is 0.582. The average molecular weight is 261 g/mol. The van der Waals surface area contributed by atoms with Crippen LogP contribution in [0.1, 0.15) is 27.9 Å². The summed E-state index contributed by atoms with van der Waals surface area (Å²) in [5.74, 6) is 6.37. The summed E-state index contributed by atoms with van der Waals surface area (Å²) in [6, 6.07) is 8.29. The highest BCUT2D eigenvalue weighted by Crippen LogP contribution is 2.10. The molecule has 0 radical (unpaired) electrons. The van der Waals surface area contributed by atoms with Gasteiger partial charge in [0.1, 0.15) is 5.69 Å². The monoisotopic (exact) mass is 261 g/mol. The molecule has 0 amide bonds. The first-order chi connectivity index (χ1) is 9.63. The standard InChI is InChI=1S/C17H15N3/c1-12-4-5-14(3)15(8-12)6-7-16-11-18-17-9-13(2)10-19-20(16)17/h4-5,8-11H,1-3H3. The predicted molar refractivity (Wildman–Crippen MR) is 79.6 cm³/mol. The summed E-state index contributed by atoms with van der Waals surface area (Å²) in [4.78, 5) is 4.33. The first kappa shape index (κ1) is 12.4. The molecule has 3 nitrogen and oxygen atoms in total. The number of hydrogen-bond donors (Lipinski definition) is 0. The SMILES string of the molecule is Cc1ccc(C)c(C#Cc2cnc3cc(C)cnn23)c1. The third-order valence-electron chi connectivity index (χ3n) is 3.22. The number of benzene rings is 1. The maximum atomic E-state index is 4.34. The lowest BCUT2D eigenvalue weighted by molar-refractivity contribution is 0.915. The molecule has 0 saturated carbocycles. The first-order valence-electron chi connectivity index (χ1n) is 6.53. The molecular formula is C17H15N3. The van der Waals surface area contributed by atoms with E-state index in [0.29, 0.717) is 0 Å². The molecule has 0 aliphatic carbocycles. The maximum absolute atomic E-state index is 4.34. The van der Waals surface area contributed by atoms with Gasteiger partial charge in [0.15, 0.2) is 5.65 Å². The Bertz CT molecular complexity index is 848. The minimum absolute atomic E-state index is 0.806. The van der Waals surface area contributed by atoms with E-state index in [9.17, 15) is 0 Å². The van der Waals surface area contributed by atoms with Gasteiger partial charge in [0, 0.05) is 5.56 Å². The molecule has 0 atom stereocenters. The molecule has 3 heteroatoms. The van der Waals surface area contributed by atoms with Crippen molar-refractivity contribution < 1.29 is 0 Å². The molecule has 2 aromatic heterocycles. The number of aromatic nitrogens is 3. The van der Waals surface area contributed by atoms with Crippen molar-refractivity contribution in [3.63, 3.8) is 0 Å². The fourth-order valence-electron chi connectivity index (χ4n) is 2.06. The van der Waals surface area contributed by atoms with Gasteiger partial charge in [-0.25, -0.2) is 9.50 Å². The molecule has 0 N–H and O–H groups in total. The lowest BCUT2D eigenvalue weighted by atomic mass is 10.1. The summed E-state index contributed by atoms with van der Waals surface area (Å²) in [5, 5.41) is 4.34. The van der Waals surface area contributed by atoms with Crippen LogP contribution in [0.15, 0.2) is 36.7 Å². The third kappa shape index (κ3) is 2.28. The minimum atomic E-state index is 0.806. The second kappa shape index (κ2) is 4.82. The van der Waals surface area contributed by atoms with Gasteiger partial charge < -0.3 is 0 Å². The van der Waals surface area contributed by atoms with Gasteiger partial charge in [-0.3, -0.25) is 0 Å². The molecular weight excluding hydrogens is 246 g/mol. The fraction of sp³-hybridized carbons (Fsp3) is 0.176. The summed E-state index contributed by atoms with van der Waals surface area (Å²) >= 11 is 0. The first-order valence-corrected chi connectivity index (χ1v) is 6.53. The van der Waals surface area contributed by atoms with Gasteiger partial charge in [-0.05, 0) is 55.5 Å². The van der Waals surface area contributed by atoms with Crippen LogP contribution in [0.2, 0.25) is 0 Å². The zero-order valence-corrected chi connectivity index (χ0v) is 11.8. The number of hydrogen-bond acceptors (Lipinski definition) is 2. The highest BCUT2D eigenvalue weighted by molar-refractivity contribution is 5.49. The number of rotatable bonds is 0. The summed E-state index contributed by atoms with van der Waals surface area (Å²) in [7, 11) is 0. The maximum Gasteiger partial charge on any atom is 0.155 e. The molecule has 0 unspecified atom stereocenters. The van der Waals surface area contributed by atoms with Crippen LogP contribution in [0.25, 0.3) is 5.65 Å². The van der Waals surface area contributed by atoms with Crippen LogP contribution in [0.5, 0.6) is 0 Å². The van der Waals surface area contributed by atoms with Gasteiger partial charge in [-0.15, -0.1) is 0 Å². The Morgan fingerprint density at radius 2 is 1.80 bits per heavy atom. The van der Waals surface area contributed by atoms with Crippen LogP contribution in [-0.4, -0.2) is 14.6 Å². The van der Waals surface area contributed by atoms with Crippen molar-refractivity contribution in [3.8, 4) is 11.8 Å². The Balaban J connectivity index is 2.06. The largest absolute Gasteiger partial charge is 0.234 e. The van der Waals surface area contributed by atoms with Crippen LogP contribution >= 0.6 is 0 Å². The average Bonchev–Trinajstić information content (AvgIpc) is 2.82. The lowest BCUT2D eigenvalue weighted by Gasteiger charge is -1.99. The summed E-state index contributed by atoms with van der Waals surface area (Å²) < 4.78 is 1.77. The second-order valence-corrected chi connectivity index (χ2v) is 5.01. The number of fused-ring (bicyclic) bond motifs is 1. The summed E-state index contributed by atoms with van der Waals surface area (Å²) in [5.41, 5.74) is 6.17. The Morgan fingerprint density at radius 3 is 2.65 bits per heavy atom. The van der Waals surface area contributed by atoms with E-state index in [2.05, 4.69) is 54.0 Å². The Labute approximate surface area is 118 Å².